The average molecular weight is 336 g/mol. The van der Waals surface area contributed by atoms with E-state index in [4.69, 9.17) is 5.73 Å². The summed E-state index contributed by atoms with van der Waals surface area (Å²) < 4.78 is 14.2. The molecule has 0 spiro atoms. The number of hydrogen-bond donors (Lipinski definition) is 1. The number of hydrogen-bond acceptors (Lipinski definition) is 1. The van der Waals surface area contributed by atoms with Crippen molar-refractivity contribution in [3.05, 3.63) is 67.9 Å². The summed E-state index contributed by atoms with van der Waals surface area (Å²) in [5.74, 6) is -0.280. The van der Waals surface area contributed by atoms with Crippen LogP contribution in [0, 0.1) is 33.5 Å². The summed E-state index contributed by atoms with van der Waals surface area (Å²) in [6.07, 6.45) is 0. The van der Waals surface area contributed by atoms with Crippen LogP contribution in [-0.4, -0.2) is 0 Å². The molecule has 0 radical (unpaired) electrons. The Hall–Kier alpha value is -1.19. The van der Waals surface area contributed by atoms with Crippen molar-refractivity contribution >= 4 is 15.9 Å². The maximum absolute atomic E-state index is 13.7. The molecule has 0 aliphatic carbocycles. The second-order valence-electron chi connectivity index (χ2n) is 5.29. The van der Waals surface area contributed by atoms with Crippen molar-refractivity contribution in [2.75, 3.05) is 0 Å². The van der Waals surface area contributed by atoms with Crippen LogP contribution in [0.1, 0.15) is 39.4 Å². The zero-order chi connectivity index (χ0) is 15.0. The first-order valence-electron chi connectivity index (χ1n) is 6.61. The molecule has 2 aromatic rings. The van der Waals surface area contributed by atoms with Gasteiger partial charge in [-0.2, -0.15) is 0 Å². The van der Waals surface area contributed by atoms with Crippen molar-refractivity contribution in [3.63, 3.8) is 0 Å². The SMILES string of the molecule is Cc1cc(C)c(C)c(C(N)c2cccc(F)c2Br)c1C. The van der Waals surface area contributed by atoms with Crippen LogP contribution in [0.5, 0.6) is 0 Å². The molecule has 106 valence electrons. The molecule has 1 unspecified atom stereocenters. The highest BCUT2D eigenvalue weighted by atomic mass is 79.9. The quantitative estimate of drug-likeness (QED) is 0.832. The summed E-state index contributed by atoms with van der Waals surface area (Å²) in [5.41, 5.74) is 13.1. The first-order chi connectivity index (χ1) is 9.34. The van der Waals surface area contributed by atoms with E-state index in [0.29, 0.717) is 4.47 Å². The van der Waals surface area contributed by atoms with Crippen LogP contribution in [0.2, 0.25) is 0 Å². The molecule has 0 heterocycles. The Balaban J connectivity index is 2.65. The Bertz CT molecular complexity index is 638. The summed E-state index contributed by atoms with van der Waals surface area (Å²) in [5, 5.41) is 0. The summed E-state index contributed by atoms with van der Waals surface area (Å²) in [7, 11) is 0. The molecule has 0 aromatic heterocycles. The van der Waals surface area contributed by atoms with Crippen LogP contribution in [0.15, 0.2) is 28.7 Å². The molecule has 1 atom stereocenters. The van der Waals surface area contributed by atoms with Crippen LogP contribution in [0.25, 0.3) is 0 Å². The minimum Gasteiger partial charge on any atom is -0.320 e. The zero-order valence-corrected chi connectivity index (χ0v) is 13.8. The van der Waals surface area contributed by atoms with E-state index < -0.39 is 0 Å². The number of benzene rings is 2. The Morgan fingerprint density at radius 1 is 1.05 bits per heavy atom. The lowest BCUT2D eigenvalue weighted by Crippen LogP contribution is -2.17. The predicted molar refractivity (Wildman–Crippen MR) is 85.5 cm³/mol. The topological polar surface area (TPSA) is 26.0 Å². The van der Waals surface area contributed by atoms with E-state index in [1.807, 2.05) is 6.07 Å². The largest absolute Gasteiger partial charge is 0.320 e. The second-order valence-corrected chi connectivity index (χ2v) is 6.09. The van der Waals surface area contributed by atoms with Gasteiger partial charge in [0.15, 0.2) is 0 Å². The lowest BCUT2D eigenvalue weighted by molar-refractivity contribution is 0.615. The van der Waals surface area contributed by atoms with Crippen molar-refractivity contribution in [2.24, 2.45) is 5.73 Å². The molecule has 0 fully saturated rings. The summed E-state index contributed by atoms with van der Waals surface area (Å²) in [4.78, 5) is 0. The second kappa shape index (κ2) is 5.66. The molecule has 0 saturated heterocycles. The molecule has 2 N–H and O–H groups in total. The molecular formula is C17H19BrFN. The Morgan fingerprint density at radius 3 is 2.15 bits per heavy atom. The van der Waals surface area contributed by atoms with Gasteiger partial charge >= 0.3 is 0 Å². The third-order valence-electron chi connectivity index (χ3n) is 4.05. The fourth-order valence-corrected chi connectivity index (χ4v) is 3.14. The van der Waals surface area contributed by atoms with Crippen LogP contribution >= 0.6 is 15.9 Å². The predicted octanol–water partition coefficient (Wildman–Crippen LogP) is 4.87. The van der Waals surface area contributed by atoms with Gasteiger partial charge in [0.05, 0.1) is 10.5 Å². The van der Waals surface area contributed by atoms with E-state index in [1.165, 1.54) is 28.3 Å². The van der Waals surface area contributed by atoms with Crippen LogP contribution in [-0.2, 0) is 0 Å². The van der Waals surface area contributed by atoms with Gasteiger partial charge in [-0.3, -0.25) is 0 Å². The van der Waals surface area contributed by atoms with Crippen molar-refractivity contribution in [3.8, 4) is 0 Å². The Kier molecular flexibility index (Phi) is 4.31. The van der Waals surface area contributed by atoms with E-state index in [9.17, 15) is 4.39 Å². The van der Waals surface area contributed by atoms with Gasteiger partial charge < -0.3 is 5.73 Å². The maximum Gasteiger partial charge on any atom is 0.137 e. The van der Waals surface area contributed by atoms with Crippen molar-refractivity contribution in [1.82, 2.24) is 0 Å². The third kappa shape index (κ3) is 2.52. The van der Waals surface area contributed by atoms with Crippen LogP contribution in [0.3, 0.4) is 0 Å². The molecule has 1 nitrogen and oxygen atoms in total. The van der Waals surface area contributed by atoms with Crippen LogP contribution in [0.4, 0.5) is 4.39 Å². The summed E-state index contributed by atoms with van der Waals surface area (Å²) in [6.45, 7) is 8.31. The molecule has 0 aliphatic heterocycles. The highest BCUT2D eigenvalue weighted by Crippen LogP contribution is 2.34. The van der Waals surface area contributed by atoms with Gasteiger partial charge in [-0.25, -0.2) is 4.39 Å². The highest BCUT2D eigenvalue weighted by molar-refractivity contribution is 9.10. The minimum atomic E-state index is -0.335. The standard InChI is InChI=1S/C17H19BrFN/c1-9-8-10(2)12(4)15(11(9)3)17(20)13-6-5-7-14(19)16(13)18/h5-8,17H,20H2,1-4H3. The van der Waals surface area contributed by atoms with Gasteiger partial charge in [0.1, 0.15) is 5.82 Å². The van der Waals surface area contributed by atoms with Gasteiger partial charge in [-0.1, -0.05) is 18.2 Å². The Morgan fingerprint density at radius 2 is 1.60 bits per heavy atom. The molecule has 20 heavy (non-hydrogen) atoms. The number of rotatable bonds is 2. The molecule has 0 amide bonds. The monoisotopic (exact) mass is 335 g/mol. The summed E-state index contributed by atoms with van der Waals surface area (Å²) in [6, 6.07) is 6.83. The van der Waals surface area contributed by atoms with Crippen molar-refractivity contribution in [1.29, 1.82) is 0 Å². The first kappa shape index (κ1) is 15.2. The third-order valence-corrected chi connectivity index (χ3v) is 4.89. The number of aryl methyl sites for hydroxylation is 2. The lowest BCUT2D eigenvalue weighted by atomic mass is 9.87. The smallest absolute Gasteiger partial charge is 0.137 e. The lowest BCUT2D eigenvalue weighted by Gasteiger charge is -2.22. The normalized spacial score (nSPS) is 12.6. The minimum absolute atomic E-state index is 0.280. The van der Waals surface area contributed by atoms with E-state index in [0.717, 1.165) is 11.1 Å². The molecule has 0 aliphatic rings. The van der Waals surface area contributed by atoms with Gasteiger partial charge in [0, 0.05) is 0 Å². The molecular weight excluding hydrogens is 317 g/mol. The fraction of sp³-hybridized carbons (Fsp3) is 0.294. The van der Waals surface area contributed by atoms with Gasteiger partial charge in [0.2, 0.25) is 0 Å². The van der Waals surface area contributed by atoms with Gasteiger partial charge in [0.25, 0.3) is 0 Å². The molecule has 2 rings (SSSR count). The van der Waals surface area contributed by atoms with E-state index >= 15 is 0 Å². The maximum atomic E-state index is 13.7. The molecule has 0 saturated carbocycles. The van der Waals surface area contributed by atoms with E-state index in [1.54, 1.807) is 6.07 Å². The van der Waals surface area contributed by atoms with Crippen molar-refractivity contribution < 1.29 is 4.39 Å². The molecule has 3 heteroatoms. The van der Waals surface area contributed by atoms with E-state index in [-0.39, 0.29) is 11.9 Å². The fourth-order valence-electron chi connectivity index (χ4n) is 2.63. The Labute approximate surface area is 128 Å². The van der Waals surface area contributed by atoms with Gasteiger partial charge in [-0.15, -0.1) is 0 Å². The van der Waals surface area contributed by atoms with Crippen molar-refractivity contribution in [2.45, 2.75) is 33.7 Å². The first-order valence-corrected chi connectivity index (χ1v) is 7.40. The number of nitrogens with two attached hydrogens (primary N) is 1. The molecule has 0 bridgehead atoms. The number of halogens is 2. The van der Waals surface area contributed by atoms with E-state index in [2.05, 4.69) is 49.7 Å². The zero-order valence-electron chi connectivity index (χ0n) is 12.2. The highest BCUT2D eigenvalue weighted by Gasteiger charge is 2.20. The molecule has 2 aromatic carbocycles. The van der Waals surface area contributed by atoms with Crippen LogP contribution < -0.4 is 5.73 Å². The van der Waals surface area contributed by atoms with Gasteiger partial charge in [-0.05, 0) is 83.1 Å². The average Bonchev–Trinajstić information content (AvgIpc) is 2.40. The summed E-state index contributed by atoms with van der Waals surface area (Å²) >= 11 is 3.31.